The van der Waals surface area contributed by atoms with E-state index >= 15 is 0 Å². The maximum Gasteiger partial charge on any atom is 0.243 e. The predicted octanol–water partition coefficient (Wildman–Crippen LogP) is 6.27. The van der Waals surface area contributed by atoms with E-state index in [9.17, 15) is 21.9 Å². The van der Waals surface area contributed by atoms with E-state index in [4.69, 9.17) is 11.6 Å². The largest absolute Gasteiger partial charge is 0.393 e. The van der Waals surface area contributed by atoms with Crippen LogP contribution in [-0.2, 0) is 20.0 Å². The first-order chi connectivity index (χ1) is 21.0. The van der Waals surface area contributed by atoms with Crippen LogP contribution in [0.2, 0.25) is 5.02 Å². The number of hydrogen-bond acceptors (Lipinski definition) is 5. The lowest BCUT2D eigenvalue weighted by Gasteiger charge is -2.53. The van der Waals surface area contributed by atoms with Crippen LogP contribution in [0.15, 0.2) is 113 Å². The average Bonchev–Trinajstić information content (AvgIpc) is 3.01. The summed E-state index contributed by atoms with van der Waals surface area (Å²) in [7, 11) is -8.09. The fourth-order valence-electron chi connectivity index (χ4n) is 6.65. The van der Waals surface area contributed by atoms with Crippen LogP contribution in [0.25, 0.3) is 0 Å². The van der Waals surface area contributed by atoms with Gasteiger partial charge < -0.3 is 5.11 Å². The second-order valence-electron chi connectivity index (χ2n) is 11.8. The van der Waals surface area contributed by atoms with Gasteiger partial charge in [-0.1, -0.05) is 89.5 Å². The van der Waals surface area contributed by atoms with Crippen LogP contribution >= 0.6 is 11.6 Å². The third kappa shape index (κ3) is 5.73. The van der Waals surface area contributed by atoms with Crippen molar-refractivity contribution in [1.29, 1.82) is 0 Å². The molecule has 0 amide bonds. The lowest BCUT2D eigenvalue weighted by Crippen LogP contribution is -2.62. The molecule has 10 heteroatoms. The van der Waals surface area contributed by atoms with E-state index in [0.717, 1.165) is 16.7 Å². The zero-order chi connectivity index (χ0) is 31.2. The van der Waals surface area contributed by atoms with E-state index in [0.29, 0.717) is 10.6 Å². The Kier molecular flexibility index (Phi) is 8.47. The minimum Gasteiger partial charge on any atom is -0.393 e. The molecule has 44 heavy (non-hydrogen) atoms. The Morgan fingerprint density at radius 1 is 0.682 bits per heavy atom. The molecule has 0 aliphatic carbocycles. The van der Waals surface area contributed by atoms with Gasteiger partial charge in [0.2, 0.25) is 20.0 Å². The molecule has 2 fully saturated rings. The Labute approximate surface area is 264 Å². The maximum absolute atomic E-state index is 14.6. The summed E-state index contributed by atoms with van der Waals surface area (Å²) in [6.45, 7) is 3.73. The van der Waals surface area contributed by atoms with Gasteiger partial charge in [-0.2, -0.15) is 8.61 Å². The van der Waals surface area contributed by atoms with Crippen LogP contribution in [0.5, 0.6) is 0 Å². The van der Waals surface area contributed by atoms with Gasteiger partial charge in [0, 0.05) is 23.5 Å². The number of nitrogens with zero attached hydrogens (tertiary/aromatic N) is 2. The van der Waals surface area contributed by atoms with E-state index in [-0.39, 0.29) is 29.2 Å². The molecule has 0 radical (unpaired) electrons. The first-order valence-electron chi connectivity index (χ1n) is 14.6. The minimum absolute atomic E-state index is 0.0549. The van der Waals surface area contributed by atoms with E-state index < -0.39 is 50.2 Å². The molecule has 2 aliphatic heterocycles. The average molecular weight is 651 g/mol. The normalized spacial score (nSPS) is 25.0. The minimum atomic E-state index is -4.07. The van der Waals surface area contributed by atoms with Crippen LogP contribution in [0, 0.1) is 19.8 Å². The molecule has 0 bridgehead atoms. The van der Waals surface area contributed by atoms with Crippen molar-refractivity contribution in [3.8, 4) is 0 Å². The summed E-state index contributed by atoms with van der Waals surface area (Å²) in [5.41, 5.74) is 3.30. The smallest absolute Gasteiger partial charge is 0.243 e. The predicted molar refractivity (Wildman–Crippen MR) is 171 cm³/mol. The molecule has 0 spiro atoms. The number of aryl methyl sites for hydroxylation is 2. The van der Waals surface area contributed by atoms with Gasteiger partial charge in [0.1, 0.15) is 0 Å². The summed E-state index contributed by atoms with van der Waals surface area (Å²) in [4.78, 5) is 0.304. The third-order valence-corrected chi connectivity index (χ3v) is 13.0. The maximum atomic E-state index is 14.6. The van der Waals surface area contributed by atoms with Crippen molar-refractivity contribution >= 4 is 31.6 Å². The quantitative estimate of drug-likeness (QED) is 0.265. The van der Waals surface area contributed by atoms with Gasteiger partial charge >= 0.3 is 0 Å². The molecule has 7 nitrogen and oxygen atoms in total. The van der Waals surface area contributed by atoms with Gasteiger partial charge in [-0.15, -0.1) is 0 Å². The number of sulfonamides is 2. The molecule has 4 aromatic rings. The van der Waals surface area contributed by atoms with Gasteiger partial charge in [0.15, 0.2) is 0 Å². The number of aliphatic hydroxyl groups excluding tert-OH is 1. The molecule has 2 saturated heterocycles. The van der Waals surface area contributed by atoms with Crippen molar-refractivity contribution in [3.05, 3.63) is 130 Å². The standard InChI is InChI=1S/C34H35ClN2O5S2/c1-23-11-15-28(16-12-23)43(39,40)36-22-30-33(20-31(36)26-9-6-10-27(35)19-26)37(44(41,42)29-17-13-24(2)14-18-29)32(21-34(30)38)25-7-4-3-5-8-25/h3-19,30-34,38H,20-22H2,1-2H3/t30-,31+,32+,33+,34+/m1/s1. The van der Waals surface area contributed by atoms with Gasteiger partial charge in [-0.25, -0.2) is 16.8 Å². The van der Waals surface area contributed by atoms with Crippen molar-refractivity contribution in [2.75, 3.05) is 6.54 Å². The lowest BCUT2D eigenvalue weighted by molar-refractivity contribution is -0.0492. The molecule has 4 aromatic carbocycles. The molecular formula is C34H35ClN2O5S2. The van der Waals surface area contributed by atoms with Crippen LogP contribution < -0.4 is 0 Å². The first kappa shape index (κ1) is 31.0. The second-order valence-corrected chi connectivity index (χ2v) is 16.0. The molecule has 0 saturated carbocycles. The zero-order valence-corrected chi connectivity index (χ0v) is 26.9. The van der Waals surface area contributed by atoms with Crippen molar-refractivity contribution in [2.45, 2.75) is 60.7 Å². The van der Waals surface area contributed by atoms with Crippen LogP contribution in [0.1, 0.15) is 47.2 Å². The summed E-state index contributed by atoms with van der Waals surface area (Å²) in [6, 6.07) is 27.8. The van der Waals surface area contributed by atoms with E-state index in [1.54, 1.807) is 66.7 Å². The van der Waals surface area contributed by atoms with Crippen molar-refractivity contribution in [2.24, 2.45) is 5.92 Å². The van der Waals surface area contributed by atoms with Gasteiger partial charge in [0.05, 0.1) is 28.0 Å². The Hall–Kier alpha value is -3.05. The van der Waals surface area contributed by atoms with E-state index in [1.807, 2.05) is 50.2 Å². The summed E-state index contributed by atoms with van der Waals surface area (Å²) in [6.07, 6.45) is -0.663. The van der Waals surface area contributed by atoms with Crippen molar-refractivity contribution in [3.63, 3.8) is 0 Å². The molecule has 0 unspecified atom stereocenters. The molecule has 6 rings (SSSR count). The second kappa shape index (κ2) is 12.0. The number of hydrogen-bond donors (Lipinski definition) is 1. The number of rotatable bonds is 6. The molecule has 0 aromatic heterocycles. The molecule has 5 atom stereocenters. The zero-order valence-electron chi connectivity index (χ0n) is 24.5. The fourth-order valence-corrected chi connectivity index (χ4v) is 10.4. The lowest BCUT2D eigenvalue weighted by atomic mass is 9.77. The summed E-state index contributed by atoms with van der Waals surface area (Å²) in [5, 5.41) is 12.1. The number of fused-ring (bicyclic) bond motifs is 1. The fraction of sp³-hybridized carbons (Fsp3) is 0.294. The Balaban J connectivity index is 1.50. The van der Waals surface area contributed by atoms with Crippen molar-refractivity contribution in [1.82, 2.24) is 8.61 Å². The Morgan fingerprint density at radius 2 is 1.25 bits per heavy atom. The molecule has 230 valence electrons. The highest BCUT2D eigenvalue weighted by Crippen LogP contribution is 2.49. The summed E-state index contributed by atoms with van der Waals surface area (Å²) < 4.78 is 60.6. The number of aliphatic hydroxyl groups is 1. The van der Waals surface area contributed by atoms with Crippen molar-refractivity contribution < 1.29 is 21.9 Å². The first-order valence-corrected chi connectivity index (χ1v) is 17.9. The molecular weight excluding hydrogens is 616 g/mol. The van der Waals surface area contributed by atoms with E-state index in [1.165, 1.54) is 8.61 Å². The molecule has 1 N–H and O–H groups in total. The topological polar surface area (TPSA) is 95.0 Å². The van der Waals surface area contributed by atoms with Gasteiger partial charge in [0.25, 0.3) is 0 Å². The van der Waals surface area contributed by atoms with Gasteiger partial charge in [-0.05, 0) is 74.2 Å². The van der Waals surface area contributed by atoms with Crippen LogP contribution in [0.3, 0.4) is 0 Å². The monoisotopic (exact) mass is 650 g/mol. The summed E-state index contributed by atoms with van der Waals surface area (Å²) >= 11 is 6.40. The van der Waals surface area contributed by atoms with E-state index in [2.05, 4.69) is 0 Å². The highest BCUT2D eigenvalue weighted by atomic mass is 35.5. The highest BCUT2D eigenvalue weighted by Gasteiger charge is 2.54. The Morgan fingerprint density at radius 3 is 1.84 bits per heavy atom. The third-order valence-electron chi connectivity index (χ3n) is 8.93. The SMILES string of the molecule is Cc1ccc(S(=O)(=O)N2C[C@H]3[C@@H](O)C[C@@H](c4ccccc4)N(S(=O)(=O)c4ccc(C)cc4)[C@H]3C[C@H]2c2cccc(Cl)c2)cc1. The van der Waals surface area contributed by atoms with Gasteiger partial charge in [-0.3, -0.25) is 0 Å². The molecule has 2 heterocycles. The number of piperidine rings is 2. The van der Waals surface area contributed by atoms with Crippen LogP contribution in [-0.4, -0.2) is 49.2 Å². The number of benzene rings is 4. The van der Waals surface area contributed by atoms with Crippen LogP contribution in [0.4, 0.5) is 0 Å². The summed E-state index contributed by atoms with van der Waals surface area (Å²) in [5.74, 6) is -0.661. The Bertz CT molecular complexity index is 1850. The number of halogens is 1. The highest BCUT2D eigenvalue weighted by molar-refractivity contribution is 7.89. The molecule has 2 aliphatic rings.